The monoisotopic (exact) mass is 327 g/mol. The van der Waals surface area contributed by atoms with Gasteiger partial charge in [0.2, 0.25) is 11.8 Å². The van der Waals surface area contributed by atoms with Gasteiger partial charge in [0, 0.05) is 11.4 Å². The number of hydrogen-bond acceptors (Lipinski definition) is 4. The van der Waals surface area contributed by atoms with E-state index in [0.717, 1.165) is 36.5 Å². The molecule has 0 radical (unpaired) electrons. The molecule has 2 aromatic rings. The quantitative estimate of drug-likeness (QED) is 0.911. The lowest BCUT2D eigenvalue weighted by molar-refractivity contribution is -0.119. The molecule has 6 heteroatoms. The van der Waals surface area contributed by atoms with Gasteiger partial charge in [-0.2, -0.15) is 0 Å². The third-order valence-electron chi connectivity index (χ3n) is 4.47. The van der Waals surface area contributed by atoms with Crippen molar-refractivity contribution < 1.29 is 14.3 Å². The zero-order chi connectivity index (χ0) is 17.1. The van der Waals surface area contributed by atoms with Crippen LogP contribution in [0.1, 0.15) is 36.2 Å². The average molecular weight is 327 g/mol. The van der Waals surface area contributed by atoms with Crippen LogP contribution in [0.2, 0.25) is 0 Å². The van der Waals surface area contributed by atoms with Crippen molar-refractivity contribution in [2.45, 2.75) is 31.7 Å². The third kappa shape index (κ3) is 3.18. The number of amides is 2. The minimum Gasteiger partial charge on any atom is -0.481 e. The Kier molecular flexibility index (Phi) is 4.64. The van der Waals surface area contributed by atoms with E-state index in [-0.39, 0.29) is 24.2 Å². The van der Waals surface area contributed by atoms with Gasteiger partial charge in [-0.25, -0.2) is 4.98 Å². The SMILES string of the molecule is COc1nc(C(=O)N(CC(N)=O)C2CCCC2)cc2ccccc12. The summed E-state index contributed by atoms with van der Waals surface area (Å²) in [5.41, 5.74) is 5.62. The van der Waals surface area contributed by atoms with Crippen LogP contribution in [0.15, 0.2) is 30.3 Å². The van der Waals surface area contributed by atoms with Gasteiger partial charge < -0.3 is 15.4 Å². The Bertz CT molecular complexity index is 769. The van der Waals surface area contributed by atoms with Gasteiger partial charge in [-0.15, -0.1) is 0 Å². The van der Waals surface area contributed by atoms with Crippen LogP contribution < -0.4 is 10.5 Å². The lowest BCUT2D eigenvalue weighted by Crippen LogP contribution is -2.44. The molecule has 0 spiro atoms. The molecule has 2 N–H and O–H groups in total. The van der Waals surface area contributed by atoms with Gasteiger partial charge in [0.15, 0.2) is 0 Å². The van der Waals surface area contributed by atoms with E-state index in [1.54, 1.807) is 11.0 Å². The number of benzene rings is 1. The number of carbonyl (C=O) groups excluding carboxylic acids is 2. The molecule has 6 nitrogen and oxygen atoms in total. The predicted octanol–water partition coefficient (Wildman–Crippen LogP) is 2.11. The maximum absolute atomic E-state index is 13.0. The molecule has 24 heavy (non-hydrogen) atoms. The first-order valence-electron chi connectivity index (χ1n) is 8.13. The molecule has 126 valence electrons. The van der Waals surface area contributed by atoms with Crippen molar-refractivity contribution in [1.29, 1.82) is 0 Å². The molecule has 1 fully saturated rings. The van der Waals surface area contributed by atoms with E-state index in [0.29, 0.717) is 5.88 Å². The first kappa shape index (κ1) is 16.2. The van der Waals surface area contributed by atoms with Crippen LogP contribution in [-0.2, 0) is 4.79 Å². The summed E-state index contributed by atoms with van der Waals surface area (Å²) in [6.07, 6.45) is 3.90. The highest BCUT2D eigenvalue weighted by atomic mass is 16.5. The van der Waals surface area contributed by atoms with Crippen LogP contribution >= 0.6 is 0 Å². The predicted molar refractivity (Wildman–Crippen MR) is 90.8 cm³/mol. The fourth-order valence-corrected chi connectivity index (χ4v) is 3.33. The number of nitrogens with zero attached hydrogens (tertiary/aromatic N) is 2. The van der Waals surface area contributed by atoms with Crippen LogP contribution in [0.5, 0.6) is 5.88 Å². The van der Waals surface area contributed by atoms with E-state index in [4.69, 9.17) is 10.5 Å². The number of fused-ring (bicyclic) bond motifs is 1. The number of carbonyl (C=O) groups is 2. The summed E-state index contributed by atoms with van der Waals surface area (Å²) in [4.78, 5) is 30.3. The molecule has 2 amide bonds. The summed E-state index contributed by atoms with van der Waals surface area (Å²) in [5.74, 6) is -0.380. The van der Waals surface area contributed by atoms with E-state index in [2.05, 4.69) is 4.98 Å². The number of ether oxygens (including phenoxy) is 1. The van der Waals surface area contributed by atoms with Gasteiger partial charge in [0.25, 0.3) is 5.91 Å². The topological polar surface area (TPSA) is 85.5 Å². The zero-order valence-electron chi connectivity index (χ0n) is 13.7. The summed E-state index contributed by atoms with van der Waals surface area (Å²) in [7, 11) is 1.53. The number of aromatic nitrogens is 1. The van der Waals surface area contributed by atoms with Gasteiger partial charge in [0.1, 0.15) is 5.69 Å². The van der Waals surface area contributed by atoms with Gasteiger partial charge in [-0.3, -0.25) is 9.59 Å². The summed E-state index contributed by atoms with van der Waals surface area (Å²) >= 11 is 0. The van der Waals surface area contributed by atoms with Gasteiger partial charge in [0.05, 0.1) is 13.7 Å². The van der Waals surface area contributed by atoms with E-state index < -0.39 is 5.91 Å². The molecule has 1 aliphatic carbocycles. The first-order valence-corrected chi connectivity index (χ1v) is 8.13. The van der Waals surface area contributed by atoms with Crippen LogP contribution in [0.4, 0.5) is 0 Å². The van der Waals surface area contributed by atoms with Crippen molar-refractivity contribution in [1.82, 2.24) is 9.88 Å². The average Bonchev–Trinajstić information content (AvgIpc) is 3.12. The highest BCUT2D eigenvalue weighted by Gasteiger charge is 2.29. The van der Waals surface area contributed by atoms with E-state index in [1.165, 1.54) is 7.11 Å². The Hall–Kier alpha value is -2.63. The van der Waals surface area contributed by atoms with Gasteiger partial charge >= 0.3 is 0 Å². The highest BCUT2D eigenvalue weighted by Crippen LogP contribution is 2.27. The fourth-order valence-electron chi connectivity index (χ4n) is 3.33. The van der Waals surface area contributed by atoms with Crippen LogP contribution in [0.3, 0.4) is 0 Å². The Morgan fingerprint density at radius 2 is 2.00 bits per heavy atom. The summed E-state index contributed by atoms with van der Waals surface area (Å²) in [6.45, 7) is -0.0830. The number of primary amides is 1. The summed E-state index contributed by atoms with van der Waals surface area (Å²) in [6, 6.07) is 9.38. The van der Waals surface area contributed by atoms with E-state index >= 15 is 0 Å². The molecule has 0 unspecified atom stereocenters. The minimum absolute atomic E-state index is 0.0456. The molecule has 1 aromatic heterocycles. The maximum atomic E-state index is 13.0. The number of nitrogens with two attached hydrogens (primary N) is 1. The zero-order valence-corrected chi connectivity index (χ0v) is 13.7. The number of hydrogen-bond donors (Lipinski definition) is 1. The molecular weight excluding hydrogens is 306 g/mol. The Morgan fingerprint density at radius 3 is 2.67 bits per heavy atom. The molecule has 0 bridgehead atoms. The highest BCUT2D eigenvalue weighted by molar-refractivity contribution is 5.99. The lowest BCUT2D eigenvalue weighted by atomic mass is 10.1. The standard InChI is InChI=1S/C18H21N3O3/c1-24-17-14-9-5-2-6-12(14)10-15(20-17)18(23)21(11-16(19)22)13-7-3-4-8-13/h2,5-6,9-10,13H,3-4,7-8,11H2,1H3,(H2,19,22). The van der Waals surface area contributed by atoms with Crippen molar-refractivity contribution in [3.8, 4) is 5.88 Å². The second-order valence-corrected chi connectivity index (χ2v) is 6.08. The second kappa shape index (κ2) is 6.86. The minimum atomic E-state index is -0.511. The molecule has 1 saturated carbocycles. The third-order valence-corrected chi connectivity index (χ3v) is 4.47. The molecule has 1 heterocycles. The number of methoxy groups -OCH3 is 1. The molecule has 3 rings (SSSR count). The fraction of sp³-hybridized carbons (Fsp3) is 0.389. The van der Waals surface area contributed by atoms with Crippen LogP contribution in [-0.4, -0.2) is 41.4 Å². The molecule has 0 saturated heterocycles. The van der Waals surface area contributed by atoms with Gasteiger partial charge in [-0.1, -0.05) is 31.0 Å². The van der Waals surface area contributed by atoms with Crippen LogP contribution in [0.25, 0.3) is 10.8 Å². The summed E-state index contributed by atoms with van der Waals surface area (Å²) in [5, 5.41) is 1.72. The number of pyridine rings is 1. The maximum Gasteiger partial charge on any atom is 0.273 e. The van der Waals surface area contributed by atoms with Crippen molar-refractivity contribution in [2.75, 3.05) is 13.7 Å². The Balaban J connectivity index is 2.00. The van der Waals surface area contributed by atoms with Crippen molar-refractivity contribution in [2.24, 2.45) is 5.73 Å². The van der Waals surface area contributed by atoms with Gasteiger partial charge in [-0.05, 0) is 30.4 Å². The lowest BCUT2D eigenvalue weighted by Gasteiger charge is -2.27. The molecule has 0 aliphatic heterocycles. The molecule has 0 atom stereocenters. The smallest absolute Gasteiger partial charge is 0.273 e. The van der Waals surface area contributed by atoms with Crippen molar-refractivity contribution in [3.63, 3.8) is 0 Å². The molecule has 1 aliphatic rings. The van der Waals surface area contributed by atoms with Crippen molar-refractivity contribution >= 4 is 22.6 Å². The second-order valence-electron chi connectivity index (χ2n) is 6.08. The molecular formula is C18H21N3O3. The van der Waals surface area contributed by atoms with E-state index in [9.17, 15) is 9.59 Å². The van der Waals surface area contributed by atoms with E-state index in [1.807, 2.05) is 24.3 Å². The Labute approximate surface area is 140 Å². The van der Waals surface area contributed by atoms with Crippen LogP contribution in [0, 0.1) is 0 Å². The van der Waals surface area contributed by atoms with Crippen molar-refractivity contribution in [3.05, 3.63) is 36.0 Å². The summed E-state index contributed by atoms with van der Waals surface area (Å²) < 4.78 is 5.33. The molecule has 1 aromatic carbocycles. The Morgan fingerprint density at radius 1 is 1.29 bits per heavy atom. The number of rotatable bonds is 5. The first-order chi connectivity index (χ1) is 11.6. The largest absolute Gasteiger partial charge is 0.481 e. The normalized spacial score (nSPS) is 14.7.